The van der Waals surface area contributed by atoms with Crippen molar-refractivity contribution in [3.8, 4) is 0 Å². The molecule has 0 spiro atoms. The van der Waals surface area contributed by atoms with Gasteiger partial charge in [0.1, 0.15) is 5.83 Å². The second-order valence-corrected chi connectivity index (χ2v) is 7.97. The first-order valence-corrected chi connectivity index (χ1v) is 9.53. The zero-order valence-electron chi connectivity index (χ0n) is 17.9. The second kappa shape index (κ2) is 9.56. The summed E-state index contributed by atoms with van der Waals surface area (Å²) < 4.78 is 14.6. The Bertz CT molecular complexity index is 913. The third kappa shape index (κ3) is 5.81. The molecule has 0 bridgehead atoms. The lowest BCUT2D eigenvalue weighted by atomic mass is 9.91. The van der Waals surface area contributed by atoms with Crippen LogP contribution in [0.4, 0.5) is 4.39 Å². The Morgan fingerprint density at radius 3 is 2.69 bits per heavy atom. The van der Waals surface area contributed by atoms with Crippen molar-refractivity contribution in [2.45, 2.75) is 39.7 Å². The molecule has 1 aliphatic rings. The minimum atomic E-state index is -0.406. The highest BCUT2D eigenvalue weighted by molar-refractivity contribution is 6.13. The summed E-state index contributed by atoms with van der Waals surface area (Å²) >= 11 is 0. The summed E-state index contributed by atoms with van der Waals surface area (Å²) in [6.07, 6.45) is 6.62. The molecule has 29 heavy (non-hydrogen) atoms. The van der Waals surface area contributed by atoms with Gasteiger partial charge < -0.3 is 10.6 Å². The summed E-state index contributed by atoms with van der Waals surface area (Å²) in [7, 11) is 1.95. The van der Waals surface area contributed by atoms with Crippen LogP contribution in [0.15, 0.2) is 75.3 Å². The Labute approximate surface area is 173 Å². The van der Waals surface area contributed by atoms with Crippen molar-refractivity contribution in [2.75, 3.05) is 13.7 Å². The number of nitrogens with two attached hydrogens (primary N) is 1. The third-order valence-electron chi connectivity index (χ3n) is 4.42. The van der Waals surface area contributed by atoms with E-state index in [0.717, 1.165) is 17.0 Å². The maximum absolute atomic E-state index is 14.6. The molecule has 0 radical (unpaired) electrons. The molecule has 1 aromatic heterocycles. The number of hydrogen-bond acceptors (Lipinski definition) is 5. The first-order valence-electron chi connectivity index (χ1n) is 9.53. The molecule has 0 amide bonds. The van der Waals surface area contributed by atoms with Crippen LogP contribution in [0, 0.1) is 0 Å². The fourth-order valence-electron chi connectivity index (χ4n) is 3.06. The average Bonchev–Trinajstić information content (AvgIpc) is 2.64. The van der Waals surface area contributed by atoms with Crippen LogP contribution in [0.3, 0.4) is 0 Å². The molecule has 0 saturated heterocycles. The normalized spacial score (nSPS) is 18.0. The predicted octanol–water partition coefficient (Wildman–Crippen LogP) is 4.45. The molecule has 1 aliphatic carbocycles. The molecule has 0 aromatic carbocycles. The molecular weight excluding hydrogens is 365 g/mol. The zero-order chi connectivity index (χ0) is 21.6. The van der Waals surface area contributed by atoms with E-state index < -0.39 is 5.83 Å². The van der Waals surface area contributed by atoms with Crippen LogP contribution in [-0.4, -0.2) is 36.0 Å². The molecule has 5 nitrogen and oxygen atoms in total. The molecule has 0 atom stereocenters. The topological polar surface area (TPSA) is 66.9 Å². The zero-order valence-corrected chi connectivity index (χ0v) is 17.9. The van der Waals surface area contributed by atoms with Gasteiger partial charge >= 0.3 is 0 Å². The number of halogens is 1. The minimum absolute atomic E-state index is 0.0121. The van der Waals surface area contributed by atoms with E-state index in [4.69, 9.17) is 10.7 Å². The van der Waals surface area contributed by atoms with Crippen LogP contribution in [0.2, 0.25) is 0 Å². The van der Waals surface area contributed by atoms with Gasteiger partial charge in [0, 0.05) is 24.4 Å². The van der Waals surface area contributed by atoms with Crippen molar-refractivity contribution in [3.63, 3.8) is 0 Å². The Morgan fingerprint density at radius 2 is 2.07 bits per heavy atom. The highest BCUT2D eigenvalue weighted by Crippen LogP contribution is 2.28. The van der Waals surface area contributed by atoms with Gasteiger partial charge in [-0.2, -0.15) is 0 Å². The summed E-state index contributed by atoms with van der Waals surface area (Å²) in [5.41, 5.74) is 9.51. The first kappa shape index (κ1) is 22.4. The molecule has 1 aromatic rings. The van der Waals surface area contributed by atoms with Crippen LogP contribution in [0.1, 0.15) is 39.1 Å². The van der Waals surface area contributed by atoms with E-state index in [1.54, 1.807) is 12.2 Å². The van der Waals surface area contributed by atoms with Gasteiger partial charge in [0.15, 0.2) is 0 Å². The highest BCUT2D eigenvalue weighted by atomic mass is 19.1. The Balaban J connectivity index is 2.33. The van der Waals surface area contributed by atoms with Crippen molar-refractivity contribution in [1.82, 2.24) is 9.88 Å². The van der Waals surface area contributed by atoms with Gasteiger partial charge in [0.2, 0.25) is 0 Å². The van der Waals surface area contributed by atoms with E-state index in [1.165, 1.54) is 6.08 Å². The molecule has 2 N–H and O–H groups in total. The molecule has 2 rings (SSSR count). The van der Waals surface area contributed by atoms with Crippen LogP contribution >= 0.6 is 0 Å². The van der Waals surface area contributed by atoms with Gasteiger partial charge in [-0.1, -0.05) is 32.9 Å². The lowest BCUT2D eigenvalue weighted by Crippen LogP contribution is -2.17. The van der Waals surface area contributed by atoms with E-state index in [-0.39, 0.29) is 12.1 Å². The minimum Gasteiger partial charge on any atom is -0.374 e. The van der Waals surface area contributed by atoms with Gasteiger partial charge in [0.05, 0.1) is 35.9 Å². The van der Waals surface area contributed by atoms with Crippen LogP contribution in [-0.2, 0) is 12.0 Å². The summed E-state index contributed by atoms with van der Waals surface area (Å²) in [6, 6.07) is 6.06. The number of aliphatic imine (C=N–C) groups is 2. The van der Waals surface area contributed by atoms with Gasteiger partial charge in [-0.15, -0.1) is 0 Å². The van der Waals surface area contributed by atoms with E-state index in [2.05, 4.69) is 37.5 Å². The van der Waals surface area contributed by atoms with E-state index in [0.29, 0.717) is 23.5 Å². The third-order valence-corrected chi connectivity index (χ3v) is 4.42. The van der Waals surface area contributed by atoms with Crippen molar-refractivity contribution < 1.29 is 4.39 Å². The van der Waals surface area contributed by atoms with Crippen molar-refractivity contribution in [1.29, 1.82) is 0 Å². The second-order valence-electron chi connectivity index (χ2n) is 7.97. The van der Waals surface area contributed by atoms with Crippen LogP contribution in [0.5, 0.6) is 0 Å². The van der Waals surface area contributed by atoms with Crippen molar-refractivity contribution in [2.24, 2.45) is 15.7 Å². The lowest BCUT2D eigenvalue weighted by molar-refractivity contribution is 0.437. The fraction of sp³-hybridized carbons (Fsp3) is 0.348. The molecule has 0 aliphatic heterocycles. The Morgan fingerprint density at radius 1 is 1.34 bits per heavy atom. The number of nitrogens with zero attached hydrogens (tertiary/aromatic N) is 4. The average molecular weight is 396 g/mol. The number of allylic oxidation sites excluding steroid dienone is 6. The number of aromatic nitrogens is 1. The molecule has 154 valence electrons. The van der Waals surface area contributed by atoms with Crippen molar-refractivity contribution >= 4 is 12.4 Å². The Hall–Kier alpha value is -2.86. The monoisotopic (exact) mass is 395 g/mol. The maximum Gasteiger partial charge on any atom is 0.134 e. The van der Waals surface area contributed by atoms with Crippen LogP contribution in [0.25, 0.3) is 0 Å². The lowest BCUT2D eigenvalue weighted by Gasteiger charge is -2.21. The van der Waals surface area contributed by atoms with E-state index in [9.17, 15) is 4.39 Å². The summed E-state index contributed by atoms with van der Waals surface area (Å²) in [5, 5.41) is 0. The first-order chi connectivity index (χ1) is 13.7. The largest absolute Gasteiger partial charge is 0.374 e. The number of hydrogen-bond donors (Lipinski definition) is 1. The summed E-state index contributed by atoms with van der Waals surface area (Å²) in [6.45, 7) is 12.6. The number of rotatable bonds is 6. The molecule has 6 heteroatoms. The van der Waals surface area contributed by atoms with E-state index >= 15 is 0 Å². The molecule has 1 heterocycles. The maximum atomic E-state index is 14.6. The van der Waals surface area contributed by atoms with E-state index in [1.807, 2.05) is 43.3 Å². The summed E-state index contributed by atoms with van der Waals surface area (Å²) in [4.78, 5) is 15.0. The molecular formula is C23H30FN5. The highest BCUT2D eigenvalue weighted by Gasteiger charge is 2.20. The van der Waals surface area contributed by atoms with Crippen LogP contribution < -0.4 is 5.73 Å². The van der Waals surface area contributed by atoms with Gasteiger partial charge in [0.25, 0.3) is 0 Å². The number of pyridine rings is 1. The SMILES string of the molecule is C=NC(/C(C)=C/N(C)Cc1cccc(C(C)(C)C)n1)=C1/C(F)=CC=CC1=NCN. The Kier molecular flexibility index (Phi) is 7.40. The quantitative estimate of drug-likeness (QED) is 0.724. The molecule has 0 saturated carbocycles. The van der Waals surface area contributed by atoms with Gasteiger partial charge in [-0.05, 0) is 43.5 Å². The predicted molar refractivity (Wildman–Crippen MR) is 120 cm³/mol. The molecule has 0 unspecified atom stereocenters. The molecule has 0 fully saturated rings. The smallest absolute Gasteiger partial charge is 0.134 e. The fourth-order valence-corrected chi connectivity index (χ4v) is 3.06. The standard InChI is InChI=1S/C23H30FN5/c1-16(22(26-5)21-18(24)10-8-11-19(21)27-15-25)13-29(6)14-17-9-7-12-20(28-17)23(2,3)4/h7-13H,5,14-15,25H2,1-4,6H3/b16-13+,22-21-,27-19?. The van der Waals surface area contributed by atoms with Crippen molar-refractivity contribution in [3.05, 3.63) is 76.7 Å². The van der Waals surface area contributed by atoms with Gasteiger partial charge in [-0.25, -0.2) is 4.39 Å². The van der Waals surface area contributed by atoms with Gasteiger partial charge in [-0.3, -0.25) is 15.0 Å². The summed E-state index contributed by atoms with van der Waals surface area (Å²) in [5.74, 6) is -0.406.